The van der Waals surface area contributed by atoms with Gasteiger partial charge < -0.3 is 10.1 Å². The molecule has 1 amide bonds. The van der Waals surface area contributed by atoms with Gasteiger partial charge in [0.25, 0.3) is 0 Å². The summed E-state index contributed by atoms with van der Waals surface area (Å²) in [5.74, 6) is -0.0324. The van der Waals surface area contributed by atoms with E-state index >= 15 is 0 Å². The van der Waals surface area contributed by atoms with Crippen molar-refractivity contribution in [2.24, 2.45) is 0 Å². The van der Waals surface area contributed by atoms with Gasteiger partial charge in [-0.25, -0.2) is 0 Å². The van der Waals surface area contributed by atoms with Crippen LogP contribution in [0.5, 0.6) is 0 Å². The van der Waals surface area contributed by atoms with E-state index in [9.17, 15) is 4.79 Å². The lowest BCUT2D eigenvalue weighted by Gasteiger charge is -2.26. The van der Waals surface area contributed by atoms with Gasteiger partial charge in [0.1, 0.15) is 0 Å². The normalized spacial score (nSPS) is 13.2. The maximum atomic E-state index is 11.8. The van der Waals surface area contributed by atoms with E-state index in [1.165, 1.54) is 0 Å². The van der Waals surface area contributed by atoms with Crippen LogP contribution in [0.4, 0.5) is 0 Å². The van der Waals surface area contributed by atoms with Crippen LogP contribution >= 0.6 is 0 Å². The van der Waals surface area contributed by atoms with E-state index in [-0.39, 0.29) is 12.0 Å². The zero-order valence-electron chi connectivity index (χ0n) is 10.9. The number of ether oxygens (including phenoxy) is 1. The van der Waals surface area contributed by atoms with E-state index in [1.54, 1.807) is 13.3 Å². The van der Waals surface area contributed by atoms with Crippen LogP contribution in [-0.4, -0.2) is 24.1 Å². The average Bonchev–Trinajstić information content (AvgIpc) is 2.29. The lowest BCUT2D eigenvalue weighted by atomic mass is 9.99. The highest BCUT2D eigenvalue weighted by molar-refractivity contribution is 5.77. The molecular weight excluding hydrogens is 216 g/mol. The number of nitrogens with zero attached hydrogens (tertiary/aromatic N) is 1. The van der Waals surface area contributed by atoms with E-state index in [4.69, 9.17) is 4.74 Å². The molecule has 0 radical (unpaired) electrons. The van der Waals surface area contributed by atoms with Crippen LogP contribution in [0.2, 0.25) is 0 Å². The Morgan fingerprint density at radius 1 is 1.53 bits per heavy atom. The number of nitrogens with one attached hydrogen (secondary N) is 1. The molecule has 1 unspecified atom stereocenters. The zero-order valence-corrected chi connectivity index (χ0v) is 10.9. The molecule has 1 rings (SSSR count). The largest absolute Gasteiger partial charge is 0.381 e. The number of methoxy groups -OCH3 is 1. The molecular formula is C13H20N2O2. The Labute approximate surface area is 102 Å². The zero-order chi connectivity index (χ0) is 12.9. The van der Waals surface area contributed by atoms with Gasteiger partial charge in [0.05, 0.1) is 23.8 Å². The molecule has 17 heavy (non-hydrogen) atoms. The number of amides is 1. The van der Waals surface area contributed by atoms with Gasteiger partial charge in [0.2, 0.25) is 5.91 Å². The summed E-state index contributed by atoms with van der Waals surface area (Å²) in [6.45, 7) is 5.74. The van der Waals surface area contributed by atoms with Crippen LogP contribution in [-0.2, 0) is 15.1 Å². The fourth-order valence-corrected chi connectivity index (χ4v) is 1.54. The molecule has 4 nitrogen and oxygen atoms in total. The van der Waals surface area contributed by atoms with E-state index in [1.807, 2.05) is 39.0 Å². The second-order valence-corrected chi connectivity index (χ2v) is 4.64. The minimum absolute atomic E-state index is 0.0324. The molecule has 0 aliphatic carbocycles. The SMILES string of the molecule is COC(C)CC(=O)NC(C)(C)c1ccccn1. The van der Waals surface area contributed by atoms with Crippen LogP contribution < -0.4 is 5.32 Å². The van der Waals surface area contributed by atoms with Crippen molar-refractivity contribution < 1.29 is 9.53 Å². The predicted octanol–water partition coefficient (Wildman–Crippen LogP) is 1.86. The van der Waals surface area contributed by atoms with Crippen LogP contribution in [0, 0.1) is 0 Å². The Balaban J connectivity index is 2.64. The number of pyridine rings is 1. The van der Waals surface area contributed by atoms with Gasteiger partial charge in [-0.15, -0.1) is 0 Å². The van der Waals surface area contributed by atoms with E-state index in [2.05, 4.69) is 10.3 Å². The standard InChI is InChI=1S/C13H20N2O2/c1-10(17-4)9-12(16)15-13(2,3)11-7-5-6-8-14-11/h5-8,10H,9H2,1-4H3,(H,15,16). The second-order valence-electron chi connectivity index (χ2n) is 4.64. The van der Waals surface area contributed by atoms with Crippen molar-refractivity contribution in [3.63, 3.8) is 0 Å². The molecule has 0 aromatic carbocycles. The van der Waals surface area contributed by atoms with Gasteiger partial charge in [-0.1, -0.05) is 6.07 Å². The molecule has 1 heterocycles. The predicted molar refractivity (Wildman–Crippen MR) is 66.5 cm³/mol. The maximum absolute atomic E-state index is 11.8. The lowest BCUT2D eigenvalue weighted by Crippen LogP contribution is -2.42. The van der Waals surface area contributed by atoms with Crippen molar-refractivity contribution >= 4 is 5.91 Å². The molecule has 1 atom stereocenters. The third-order valence-electron chi connectivity index (χ3n) is 2.63. The number of carbonyl (C=O) groups is 1. The fraction of sp³-hybridized carbons (Fsp3) is 0.538. The molecule has 0 saturated heterocycles. The molecule has 1 aromatic rings. The number of hydrogen-bond donors (Lipinski definition) is 1. The summed E-state index contributed by atoms with van der Waals surface area (Å²) in [6.07, 6.45) is 2.00. The Kier molecular flexibility index (Phi) is 4.63. The third kappa shape index (κ3) is 4.15. The summed E-state index contributed by atoms with van der Waals surface area (Å²) in [4.78, 5) is 16.0. The molecule has 4 heteroatoms. The van der Waals surface area contributed by atoms with Crippen molar-refractivity contribution in [2.45, 2.75) is 38.8 Å². The lowest BCUT2D eigenvalue weighted by molar-refractivity contribution is -0.125. The second kappa shape index (κ2) is 5.77. The molecule has 1 N–H and O–H groups in total. The molecule has 0 bridgehead atoms. The fourth-order valence-electron chi connectivity index (χ4n) is 1.54. The Morgan fingerprint density at radius 3 is 2.76 bits per heavy atom. The Hall–Kier alpha value is -1.42. The quantitative estimate of drug-likeness (QED) is 0.849. The summed E-state index contributed by atoms with van der Waals surface area (Å²) in [5.41, 5.74) is 0.379. The molecule has 94 valence electrons. The first-order valence-corrected chi connectivity index (χ1v) is 5.71. The van der Waals surface area contributed by atoms with Crippen LogP contribution in [0.1, 0.15) is 32.9 Å². The van der Waals surface area contributed by atoms with Gasteiger partial charge in [-0.3, -0.25) is 9.78 Å². The average molecular weight is 236 g/mol. The number of aromatic nitrogens is 1. The van der Waals surface area contributed by atoms with Gasteiger partial charge in [-0.2, -0.15) is 0 Å². The molecule has 0 aliphatic rings. The number of hydrogen-bond acceptors (Lipinski definition) is 3. The van der Waals surface area contributed by atoms with Crippen molar-refractivity contribution in [2.75, 3.05) is 7.11 Å². The van der Waals surface area contributed by atoms with Gasteiger partial charge in [0, 0.05) is 13.3 Å². The Morgan fingerprint density at radius 2 is 2.24 bits per heavy atom. The first-order valence-electron chi connectivity index (χ1n) is 5.71. The monoisotopic (exact) mass is 236 g/mol. The first kappa shape index (κ1) is 13.6. The van der Waals surface area contributed by atoms with Crippen molar-refractivity contribution in [1.29, 1.82) is 0 Å². The highest BCUT2D eigenvalue weighted by Crippen LogP contribution is 2.17. The summed E-state index contributed by atoms with van der Waals surface area (Å²) >= 11 is 0. The van der Waals surface area contributed by atoms with E-state index < -0.39 is 5.54 Å². The van der Waals surface area contributed by atoms with E-state index in [0.29, 0.717) is 6.42 Å². The molecule has 1 aromatic heterocycles. The number of rotatable bonds is 5. The molecule has 0 saturated carbocycles. The molecule has 0 spiro atoms. The maximum Gasteiger partial charge on any atom is 0.223 e. The van der Waals surface area contributed by atoms with E-state index in [0.717, 1.165) is 5.69 Å². The van der Waals surface area contributed by atoms with Crippen LogP contribution in [0.25, 0.3) is 0 Å². The summed E-state index contributed by atoms with van der Waals surface area (Å²) in [7, 11) is 1.60. The van der Waals surface area contributed by atoms with Crippen LogP contribution in [0.3, 0.4) is 0 Å². The van der Waals surface area contributed by atoms with Gasteiger partial charge in [0.15, 0.2) is 0 Å². The minimum Gasteiger partial charge on any atom is -0.381 e. The minimum atomic E-state index is -0.466. The topological polar surface area (TPSA) is 51.2 Å². The first-order chi connectivity index (χ1) is 7.95. The summed E-state index contributed by atoms with van der Waals surface area (Å²) in [5, 5.41) is 2.96. The Bertz CT molecular complexity index is 363. The third-order valence-corrected chi connectivity index (χ3v) is 2.63. The van der Waals surface area contributed by atoms with Gasteiger partial charge >= 0.3 is 0 Å². The molecule has 0 aliphatic heterocycles. The number of carbonyl (C=O) groups excluding carboxylic acids is 1. The highest BCUT2D eigenvalue weighted by Gasteiger charge is 2.24. The van der Waals surface area contributed by atoms with Crippen LogP contribution in [0.15, 0.2) is 24.4 Å². The smallest absolute Gasteiger partial charge is 0.223 e. The summed E-state index contributed by atoms with van der Waals surface area (Å²) < 4.78 is 5.06. The summed E-state index contributed by atoms with van der Waals surface area (Å²) in [6, 6.07) is 5.67. The highest BCUT2D eigenvalue weighted by atomic mass is 16.5. The molecule has 0 fully saturated rings. The van der Waals surface area contributed by atoms with Gasteiger partial charge in [-0.05, 0) is 32.9 Å². The van der Waals surface area contributed by atoms with Crippen molar-refractivity contribution in [1.82, 2.24) is 10.3 Å². The van der Waals surface area contributed by atoms with Crippen molar-refractivity contribution in [3.05, 3.63) is 30.1 Å². The van der Waals surface area contributed by atoms with Crippen molar-refractivity contribution in [3.8, 4) is 0 Å².